The van der Waals surface area contributed by atoms with Gasteiger partial charge in [0.1, 0.15) is 5.84 Å². The summed E-state index contributed by atoms with van der Waals surface area (Å²) in [5.74, 6) is 2.58. The molecule has 152 valence electrons. The molecule has 2 aromatic rings. The predicted octanol–water partition coefficient (Wildman–Crippen LogP) is 4.26. The van der Waals surface area contributed by atoms with Crippen molar-refractivity contribution in [3.8, 4) is 12.3 Å². The SMILES string of the molecule is C#Cc1cccc(C(=O)N=C2Cc3cc(/C=C/C(=O)OCC)ccc3N2CCC)c1. The number of terminal acetylenes is 1. The number of hydrogen-bond donors (Lipinski definition) is 0. The molecular formula is C25H24N2O3. The molecule has 0 atom stereocenters. The number of esters is 1. The van der Waals surface area contributed by atoms with Crippen molar-refractivity contribution in [3.63, 3.8) is 0 Å². The summed E-state index contributed by atoms with van der Waals surface area (Å²) in [7, 11) is 0. The molecule has 0 aliphatic carbocycles. The number of benzene rings is 2. The van der Waals surface area contributed by atoms with E-state index in [0.717, 1.165) is 35.6 Å². The number of aliphatic imine (C=N–C) groups is 1. The number of carbonyl (C=O) groups is 2. The third-order valence-electron chi connectivity index (χ3n) is 4.71. The molecule has 0 saturated heterocycles. The van der Waals surface area contributed by atoms with Crippen LogP contribution in [0.3, 0.4) is 0 Å². The number of rotatable bonds is 6. The van der Waals surface area contributed by atoms with E-state index in [9.17, 15) is 9.59 Å². The number of ether oxygens (including phenoxy) is 1. The lowest BCUT2D eigenvalue weighted by molar-refractivity contribution is -0.137. The molecule has 1 amide bonds. The maximum Gasteiger partial charge on any atom is 0.330 e. The van der Waals surface area contributed by atoms with Gasteiger partial charge in [-0.15, -0.1) is 6.42 Å². The zero-order valence-electron chi connectivity index (χ0n) is 17.2. The highest BCUT2D eigenvalue weighted by Gasteiger charge is 2.26. The first-order valence-corrected chi connectivity index (χ1v) is 9.99. The molecular weight excluding hydrogens is 376 g/mol. The lowest BCUT2D eigenvalue weighted by Gasteiger charge is -2.19. The topological polar surface area (TPSA) is 59.0 Å². The van der Waals surface area contributed by atoms with E-state index in [2.05, 4.69) is 22.7 Å². The van der Waals surface area contributed by atoms with Crippen LogP contribution in [0.25, 0.3) is 6.08 Å². The number of amides is 1. The molecule has 0 saturated carbocycles. The summed E-state index contributed by atoms with van der Waals surface area (Å²) in [5, 5.41) is 0. The minimum Gasteiger partial charge on any atom is -0.463 e. The van der Waals surface area contributed by atoms with Crippen LogP contribution >= 0.6 is 0 Å². The van der Waals surface area contributed by atoms with Gasteiger partial charge < -0.3 is 9.64 Å². The van der Waals surface area contributed by atoms with E-state index in [1.165, 1.54) is 6.08 Å². The van der Waals surface area contributed by atoms with E-state index in [1.54, 1.807) is 37.3 Å². The van der Waals surface area contributed by atoms with Gasteiger partial charge in [0.05, 0.1) is 6.61 Å². The Labute approximate surface area is 177 Å². The van der Waals surface area contributed by atoms with Gasteiger partial charge in [-0.2, -0.15) is 4.99 Å². The summed E-state index contributed by atoms with van der Waals surface area (Å²) in [6.07, 6.45) is 10.1. The zero-order valence-corrected chi connectivity index (χ0v) is 17.2. The van der Waals surface area contributed by atoms with Crippen LogP contribution in [0.5, 0.6) is 0 Å². The standard InChI is InChI=1S/C25H24N2O3/c1-4-14-27-22-12-10-19(11-13-24(28)30-6-3)16-21(22)17-23(27)26-25(29)20-9-7-8-18(5-2)15-20/h2,7-13,15-16H,4,6,14,17H2,1,3H3/b13-11+,26-23?. The minimum absolute atomic E-state index is 0.307. The molecule has 5 nitrogen and oxygen atoms in total. The monoisotopic (exact) mass is 400 g/mol. The molecule has 30 heavy (non-hydrogen) atoms. The molecule has 0 radical (unpaired) electrons. The fraction of sp³-hybridized carbons (Fsp3) is 0.240. The van der Waals surface area contributed by atoms with Crippen molar-refractivity contribution in [2.75, 3.05) is 18.1 Å². The highest BCUT2D eigenvalue weighted by atomic mass is 16.5. The Morgan fingerprint density at radius 1 is 1.23 bits per heavy atom. The number of carbonyl (C=O) groups excluding carboxylic acids is 2. The van der Waals surface area contributed by atoms with Gasteiger partial charge in [-0.05, 0) is 60.9 Å². The minimum atomic E-state index is -0.368. The second kappa shape index (κ2) is 9.71. The van der Waals surface area contributed by atoms with Crippen LogP contribution in [-0.2, 0) is 16.0 Å². The van der Waals surface area contributed by atoms with E-state index in [-0.39, 0.29) is 11.9 Å². The van der Waals surface area contributed by atoms with Crippen molar-refractivity contribution in [2.45, 2.75) is 26.7 Å². The van der Waals surface area contributed by atoms with Crippen LogP contribution in [0.15, 0.2) is 53.5 Å². The van der Waals surface area contributed by atoms with Crippen LogP contribution in [-0.4, -0.2) is 30.9 Å². The largest absolute Gasteiger partial charge is 0.463 e. The molecule has 5 heteroatoms. The van der Waals surface area contributed by atoms with Gasteiger partial charge in [-0.25, -0.2) is 4.79 Å². The molecule has 0 aromatic heterocycles. The summed E-state index contributed by atoms with van der Waals surface area (Å²) in [6, 6.07) is 12.9. The molecule has 1 aliphatic rings. The fourth-order valence-corrected chi connectivity index (χ4v) is 3.37. The first-order valence-electron chi connectivity index (χ1n) is 9.99. The number of hydrogen-bond acceptors (Lipinski definition) is 3. The Hall–Kier alpha value is -3.65. The van der Waals surface area contributed by atoms with Crippen molar-refractivity contribution in [3.05, 3.63) is 70.8 Å². The summed E-state index contributed by atoms with van der Waals surface area (Å²) in [6.45, 7) is 4.97. The molecule has 1 aliphatic heterocycles. The Morgan fingerprint density at radius 2 is 2.07 bits per heavy atom. The average molecular weight is 400 g/mol. The molecule has 0 unspecified atom stereocenters. The summed E-state index contributed by atoms with van der Waals surface area (Å²) in [5.41, 5.74) is 4.13. The third kappa shape index (κ3) is 4.84. The summed E-state index contributed by atoms with van der Waals surface area (Å²) in [4.78, 5) is 30.8. The molecule has 2 aromatic carbocycles. The summed E-state index contributed by atoms with van der Waals surface area (Å²) >= 11 is 0. The second-order valence-corrected chi connectivity index (χ2v) is 6.86. The van der Waals surface area contributed by atoms with E-state index in [1.807, 2.05) is 18.2 Å². The quantitative estimate of drug-likeness (QED) is 0.413. The van der Waals surface area contributed by atoms with Crippen molar-refractivity contribution in [2.24, 2.45) is 4.99 Å². The smallest absolute Gasteiger partial charge is 0.330 e. The molecule has 0 spiro atoms. The van der Waals surface area contributed by atoms with Crippen LogP contribution in [0.1, 0.15) is 47.3 Å². The van der Waals surface area contributed by atoms with Crippen molar-refractivity contribution in [1.29, 1.82) is 0 Å². The highest BCUT2D eigenvalue weighted by Crippen LogP contribution is 2.31. The van der Waals surface area contributed by atoms with E-state index >= 15 is 0 Å². The maximum absolute atomic E-state index is 12.7. The Bertz CT molecular complexity index is 1060. The van der Waals surface area contributed by atoms with E-state index in [4.69, 9.17) is 11.2 Å². The van der Waals surface area contributed by atoms with Crippen LogP contribution < -0.4 is 4.90 Å². The van der Waals surface area contributed by atoms with Gasteiger partial charge >= 0.3 is 5.97 Å². The molecule has 0 bridgehead atoms. The van der Waals surface area contributed by atoms with Gasteiger partial charge in [0.2, 0.25) is 0 Å². The zero-order chi connectivity index (χ0) is 21.5. The first-order chi connectivity index (χ1) is 14.5. The van der Waals surface area contributed by atoms with Crippen molar-refractivity contribution in [1.82, 2.24) is 0 Å². The van der Waals surface area contributed by atoms with Gasteiger partial charge in [-0.3, -0.25) is 4.79 Å². The Balaban J connectivity index is 1.87. The lowest BCUT2D eigenvalue weighted by atomic mass is 10.1. The summed E-state index contributed by atoms with van der Waals surface area (Å²) < 4.78 is 4.92. The lowest BCUT2D eigenvalue weighted by Crippen LogP contribution is -2.28. The Morgan fingerprint density at radius 3 is 2.80 bits per heavy atom. The number of anilines is 1. The van der Waals surface area contributed by atoms with E-state index < -0.39 is 0 Å². The molecule has 0 fully saturated rings. The van der Waals surface area contributed by atoms with Crippen LogP contribution in [0.4, 0.5) is 5.69 Å². The average Bonchev–Trinajstić information content (AvgIpc) is 3.09. The van der Waals surface area contributed by atoms with Gasteiger partial charge in [0.25, 0.3) is 5.91 Å². The van der Waals surface area contributed by atoms with Gasteiger partial charge in [-0.1, -0.05) is 25.0 Å². The highest BCUT2D eigenvalue weighted by molar-refractivity contribution is 6.12. The fourth-order valence-electron chi connectivity index (χ4n) is 3.37. The number of nitrogens with zero attached hydrogens (tertiary/aromatic N) is 2. The maximum atomic E-state index is 12.7. The van der Waals surface area contributed by atoms with Crippen LogP contribution in [0.2, 0.25) is 0 Å². The van der Waals surface area contributed by atoms with Crippen LogP contribution in [0, 0.1) is 12.3 Å². The first kappa shape index (κ1) is 21.1. The van der Waals surface area contributed by atoms with Gasteiger partial charge in [0.15, 0.2) is 0 Å². The number of amidine groups is 1. The van der Waals surface area contributed by atoms with Gasteiger partial charge in [0, 0.05) is 35.9 Å². The second-order valence-electron chi connectivity index (χ2n) is 6.86. The normalized spacial score (nSPS) is 14.0. The Kier molecular flexibility index (Phi) is 6.82. The van der Waals surface area contributed by atoms with Crippen molar-refractivity contribution >= 4 is 29.5 Å². The molecule has 0 N–H and O–H groups in total. The number of fused-ring (bicyclic) bond motifs is 1. The third-order valence-corrected chi connectivity index (χ3v) is 4.71. The predicted molar refractivity (Wildman–Crippen MR) is 120 cm³/mol. The van der Waals surface area contributed by atoms with Crippen molar-refractivity contribution < 1.29 is 14.3 Å². The molecule has 1 heterocycles. The molecule has 3 rings (SSSR count). The van der Waals surface area contributed by atoms with E-state index in [0.29, 0.717) is 24.2 Å².